The van der Waals surface area contributed by atoms with E-state index in [1.54, 1.807) is 4.68 Å². The van der Waals surface area contributed by atoms with Gasteiger partial charge in [0, 0.05) is 0 Å². The van der Waals surface area contributed by atoms with Crippen LogP contribution in [-0.2, 0) is 13.2 Å². The molecule has 0 saturated heterocycles. The van der Waals surface area contributed by atoms with Crippen LogP contribution in [-0.4, -0.2) is 9.78 Å². The molecule has 1 heterocycles. The number of anilines is 1. The highest BCUT2D eigenvalue weighted by atomic mass is 16.5. The van der Waals surface area contributed by atoms with Crippen LogP contribution in [0.25, 0.3) is 10.8 Å². The summed E-state index contributed by atoms with van der Waals surface area (Å²) in [7, 11) is 0. The quantitative estimate of drug-likeness (QED) is 0.565. The number of hydrogen-bond donors (Lipinski definition) is 1. The van der Waals surface area contributed by atoms with Crippen molar-refractivity contribution in [2.75, 3.05) is 5.73 Å². The molecule has 3 aromatic carbocycles. The number of hydrogen-bond acceptors (Lipinski definition) is 4. The molecule has 5 heteroatoms. The largest absolute Gasteiger partial charge is 0.471 e. The second-order valence-electron chi connectivity index (χ2n) is 6.69. The molecule has 0 spiro atoms. The third-order valence-corrected chi connectivity index (χ3v) is 4.90. The Morgan fingerprint density at radius 2 is 1.71 bits per heavy atom. The summed E-state index contributed by atoms with van der Waals surface area (Å²) in [4.78, 5) is 0. The molecule has 138 valence electrons. The van der Waals surface area contributed by atoms with Crippen LogP contribution in [0.3, 0.4) is 0 Å². The van der Waals surface area contributed by atoms with Crippen LogP contribution in [0.15, 0.2) is 66.7 Å². The molecule has 0 radical (unpaired) electrons. The van der Waals surface area contributed by atoms with E-state index < -0.39 is 0 Å². The first kappa shape index (κ1) is 17.6. The Morgan fingerprint density at radius 1 is 1.00 bits per heavy atom. The van der Waals surface area contributed by atoms with Gasteiger partial charge in [-0.05, 0) is 34.4 Å². The summed E-state index contributed by atoms with van der Waals surface area (Å²) in [5.41, 5.74) is 9.72. The van der Waals surface area contributed by atoms with Gasteiger partial charge in [0.05, 0.1) is 6.54 Å². The topological polar surface area (TPSA) is 76.9 Å². The van der Waals surface area contributed by atoms with Crippen molar-refractivity contribution in [3.63, 3.8) is 0 Å². The van der Waals surface area contributed by atoms with Gasteiger partial charge in [-0.2, -0.15) is 5.26 Å². The fourth-order valence-corrected chi connectivity index (χ4v) is 3.29. The number of nitrogens with two attached hydrogens (primary N) is 1. The minimum Gasteiger partial charge on any atom is -0.471 e. The standard InChI is InChI=1S/C23H20N4O/c1-16-7-2-3-9-18(16)14-27-22(25)21(13-24)23(26-27)28-15-19-11-6-10-17-8-4-5-12-20(17)19/h2-12H,14-15,25H2,1H3. The third kappa shape index (κ3) is 3.28. The van der Waals surface area contributed by atoms with Crippen molar-refractivity contribution in [2.24, 2.45) is 0 Å². The Balaban J connectivity index is 1.61. The maximum atomic E-state index is 9.54. The Bertz CT molecular complexity index is 1180. The van der Waals surface area contributed by atoms with E-state index >= 15 is 0 Å². The van der Waals surface area contributed by atoms with Crippen LogP contribution in [0.4, 0.5) is 5.82 Å². The lowest BCUT2D eigenvalue weighted by atomic mass is 10.1. The summed E-state index contributed by atoms with van der Waals surface area (Å²) >= 11 is 0. The fourth-order valence-electron chi connectivity index (χ4n) is 3.29. The second kappa shape index (κ2) is 7.45. The summed E-state index contributed by atoms with van der Waals surface area (Å²) in [6.07, 6.45) is 0. The molecule has 0 fully saturated rings. The van der Waals surface area contributed by atoms with Crippen molar-refractivity contribution in [1.29, 1.82) is 5.26 Å². The van der Waals surface area contributed by atoms with Gasteiger partial charge in [0.2, 0.25) is 0 Å². The lowest BCUT2D eigenvalue weighted by molar-refractivity contribution is 0.290. The molecular weight excluding hydrogens is 348 g/mol. The molecule has 0 aliphatic carbocycles. The molecule has 1 aromatic heterocycles. The van der Waals surface area contributed by atoms with Gasteiger partial charge >= 0.3 is 0 Å². The van der Waals surface area contributed by atoms with Gasteiger partial charge in [0.1, 0.15) is 18.5 Å². The van der Waals surface area contributed by atoms with E-state index in [0.717, 1.165) is 27.5 Å². The van der Waals surface area contributed by atoms with Crippen LogP contribution < -0.4 is 10.5 Å². The predicted octanol–water partition coefficient (Wildman–Crippen LogP) is 4.43. The van der Waals surface area contributed by atoms with Crippen molar-refractivity contribution < 1.29 is 4.74 Å². The van der Waals surface area contributed by atoms with E-state index in [9.17, 15) is 5.26 Å². The van der Waals surface area contributed by atoms with E-state index in [1.165, 1.54) is 0 Å². The summed E-state index contributed by atoms with van der Waals surface area (Å²) in [6, 6.07) is 24.4. The fraction of sp³-hybridized carbons (Fsp3) is 0.130. The normalized spacial score (nSPS) is 10.7. The van der Waals surface area contributed by atoms with Crippen LogP contribution in [0.1, 0.15) is 22.3 Å². The van der Waals surface area contributed by atoms with Crippen LogP contribution in [0.5, 0.6) is 5.88 Å². The minimum atomic E-state index is 0.265. The summed E-state index contributed by atoms with van der Waals surface area (Å²) in [6.45, 7) is 2.85. The maximum Gasteiger partial charge on any atom is 0.253 e. The zero-order chi connectivity index (χ0) is 19.5. The van der Waals surface area contributed by atoms with Crippen molar-refractivity contribution in [3.8, 4) is 11.9 Å². The van der Waals surface area contributed by atoms with Crippen molar-refractivity contribution in [2.45, 2.75) is 20.1 Å². The molecule has 0 aliphatic heterocycles. The van der Waals surface area contributed by atoms with E-state index in [1.807, 2.05) is 55.5 Å². The van der Waals surface area contributed by atoms with Crippen LogP contribution >= 0.6 is 0 Å². The third-order valence-electron chi connectivity index (χ3n) is 4.90. The minimum absolute atomic E-state index is 0.265. The summed E-state index contributed by atoms with van der Waals surface area (Å²) in [5, 5.41) is 16.3. The van der Waals surface area contributed by atoms with Gasteiger partial charge in [-0.1, -0.05) is 66.7 Å². The first-order valence-electron chi connectivity index (χ1n) is 9.07. The summed E-state index contributed by atoms with van der Waals surface area (Å²) < 4.78 is 7.54. The average molecular weight is 368 g/mol. The van der Waals surface area contributed by atoms with Crippen LogP contribution in [0, 0.1) is 18.3 Å². The predicted molar refractivity (Wildman–Crippen MR) is 110 cm³/mol. The number of fused-ring (bicyclic) bond motifs is 1. The van der Waals surface area contributed by atoms with Crippen LogP contribution in [0.2, 0.25) is 0 Å². The lowest BCUT2D eigenvalue weighted by Gasteiger charge is -2.08. The first-order valence-corrected chi connectivity index (χ1v) is 9.07. The van der Waals surface area contributed by atoms with Gasteiger partial charge in [-0.15, -0.1) is 5.10 Å². The molecule has 4 rings (SSSR count). The van der Waals surface area contributed by atoms with E-state index in [0.29, 0.717) is 19.0 Å². The number of nitrogen functional groups attached to an aromatic ring is 1. The molecule has 4 aromatic rings. The van der Waals surface area contributed by atoms with Gasteiger partial charge in [-0.25, -0.2) is 4.68 Å². The molecule has 0 unspecified atom stereocenters. The number of ether oxygens (including phenoxy) is 1. The van der Waals surface area contributed by atoms with E-state index in [-0.39, 0.29) is 11.4 Å². The number of nitriles is 1. The van der Waals surface area contributed by atoms with Crippen molar-refractivity contribution >= 4 is 16.6 Å². The molecule has 0 atom stereocenters. The molecule has 5 nitrogen and oxygen atoms in total. The number of rotatable bonds is 5. The van der Waals surface area contributed by atoms with Gasteiger partial charge < -0.3 is 10.5 Å². The first-order chi connectivity index (χ1) is 13.7. The highest BCUT2D eigenvalue weighted by Gasteiger charge is 2.18. The highest BCUT2D eigenvalue weighted by Crippen LogP contribution is 2.26. The number of aromatic nitrogens is 2. The SMILES string of the molecule is Cc1ccccc1Cn1nc(OCc2cccc3ccccc23)c(C#N)c1N. The smallest absolute Gasteiger partial charge is 0.253 e. The monoisotopic (exact) mass is 368 g/mol. The Labute approximate surface area is 163 Å². The number of aryl methyl sites for hydroxylation is 1. The van der Waals surface area contributed by atoms with Crippen molar-refractivity contribution in [3.05, 3.63) is 89.0 Å². The Morgan fingerprint density at radius 3 is 2.54 bits per heavy atom. The number of benzene rings is 3. The van der Waals surface area contributed by atoms with Gasteiger partial charge in [-0.3, -0.25) is 0 Å². The number of nitrogens with zero attached hydrogens (tertiary/aromatic N) is 3. The lowest BCUT2D eigenvalue weighted by Crippen LogP contribution is -2.07. The molecule has 0 aliphatic rings. The molecule has 0 saturated carbocycles. The van der Waals surface area contributed by atoms with E-state index in [4.69, 9.17) is 10.5 Å². The zero-order valence-corrected chi connectivity index (χ0v) is 15.6. The summed E-state index contributed by atoms with van der Waals surface area (Å²) in [5.74, 6) is 0.584. The molecular formula is C23H20N4O. The molecule has 0 amide bonds. The maximum absolute atomic E-state index is 9.54. The Kier molecular flexibility index (Phi) is 4.69. The molecule has 0 bridgehead atoms. The second-order valence-corrected chi connectivity index (χ2v) is 6.69. The zero-order valence-electron chi connectivity index (χ0n) is 15.6. The van der Waals surface area contributed by atoms with Crippen molar-refractivity contribution in [1.82, 2.24) is 9.78 Å². The van der Waals surface area contributed by atoms with Gasteiger partial charge in [0.15, 0.2) is 5.56 Å². The average Bonchev–Trinajstić information content (AvgIpc) is 3.02. The Hall–Kier alpha value is -3.78. The molecule has 28 heavy (non-hydrogen) atoms. The van der Waals surface area contributed by atoms with E-state index in [2.05, 4.69) is 29.4 Å². The highest BCUT2D eigenvalue weighted by molar-refractivity contribution is 5.85. The van der Waals surface area contributed by atoms with Gasteiger partial charge in [0.25, 0.3) is 5.88 Å². The molecule has 2 N–H and O–H groups in total.